The van der Waals surface area contributed by atoms with Crippen LogP contribution in [0.5, 0.6) is 0 Å². The van der Waals surface area contributed by atoms with Gasteiger partial charge in [0.1, 0.15) is 6.07 Å². The lowest BCUT2D eigenvalue weighted by molar-refractivity contribution is 1.23. The number of nitrogen functional groups attached to an aromatic ring is 1. The third-order valence-corrected chi connectivity index (χ3v) is 3.12. The van der Waals surface area contributed by atoms with Crippen LogP contribution in [0.1, 0.15) is 16.7 Å². The van der Waals surface area contributed by atoms with Gasteiger partial charge in [0.25, 0.3) is 0 Å². The fourth-order valence-corrected chi connectivity index (χ4v) is 1.90. The highest BCUT2D eigenvalue weighted by Crippen LogP contribution is 2.29. The van der Waals surface area contributed by atoms with Crippen molar-refractivity contribution < 1.29 is 0 Å². The molecule has 21 heavy (non-hydrogen) atoms. The molecule has 0 unspecified atom stereocenters. The number of nitriles is 2. The first kappa shape index (κ1) is 14.2. The van der Waals surface area contributed by atoms with Crippen LogP contribution in [0.25, 0.3) is 0 Å². The van der Waals surface area contributed by atoms with E-state index in [0.29, 0.717) is 34.0 Å². The number of nitrogens with one attached hydrogen (secondary N) is 2. The van der Waals surface area contributed by atoms with Crippen LogP contribution in [0.3, 0.4) is 0 Å². The minimum absolute atomic E-state index is 0.399. The van der Waals surface area contributed by atoms with Crippen molar-refractivity contribution in [3.05, 3.63) is 41.0 Å². The molecule has 0 fully saturated rings. The van der Waals surface area contributed by atoms with Crippen molar-refractivity contribution in [3.8, 4) is 12.1 Å². The fraction of sp³-hybridized carbons (Fsp3) is 0.133. The Morgan fingerprint density at radius 3 is 2.29 bits per heavy atom. The molecule has 0 saturated carbocycles. The van der Waals surface area contributed by atoms with Gasteiger partial charge in [0.15, 0.2) is 11.6 Å². The van der Waals surface area contributed by atoms with Gasteiger partial charge in [-0.3, -0.25) is 0 Å². The van der Waals surface area contributed by atoms with Crippen LogP contribution in [0.4, 0.5) is 23.0 Å². The van der Waals surface area contributed by atoms with Crippen LogP contribution < -0.4 is 16.4 Å². The SMILES string of the molecule is CNc1nc(Nc2ccc(C#N)cc2)c(C#N)c(C)c1N. The first-order chi connectivity index (χ1) is 10.1. The smallest absolute Gasteiger partial charge is 0.151 e. The first-order valence-electron chi connectivity index (χ1n) is 6.25. The third-order valence-electron chi connectivity index (χ3n) is 3.12. The fourth-order valence-electron chi connectivity index (χ4n) is 1.90. The minimum atomic E-state index is 0.399. The van der Waals surface area contributed by atoms with E-state index in [-0.39, 0.29) is 0 Å². The van der Waals surface area contributed by atoms with Gasteiger partial charge in [-0.25, -0.2) is 4.98 Å². The maximum Gasteiger partial charge on any atom is 0.151 e. The Morgan fingerprint density at radius 1 is 1.10 bits per heavy atom. The van der Waals surface area contributed by atoms with E-state index < -0.39 is 0 Å². The predicted molar refractivity (Wildman–Crippen MR) is 82.1 cm³/mol. The van der Waals surface area contributed by atoms with E-state index in [2.05, 4.69) is 27.8 Å². The van der Waals surface area contributed by atoms with E-state index in [1.165, 1.54) is 0 Å². The first-order valence-corrected chi connectivity index (χ1v) is 6.25. The van der Waals surface area contributed by atoms with E-state index in [4.69, 9.17) is 11.0 Å². The van der Waals surface area contributed by atoms with Gasteiger partial charge in [0.2, 0.25) is 0 Å². The van der Waals surface area contributed by atoms with Crippen LogP contribution in [-0.4, -0.2) is 12.0 Å². The van der Waals surface area contributed by atoms with Crippen molar-refractivity contribution in [1.82, 2.24) is 4.98 Å². The van der Waals surface area contributed by atoms with Crippen molar-refractivity contribution in [1.29, 1.82) is 10.5 Å². The molecule has 104 valence electrons. The molecule has 0 saturated heterocycles. The largest absolute Gasteiger partial charge is 0.395 e. The third kappa shape index (κ3) is 2.70. The molecule has 1 aromatic carbocycles. The lowest BCUT2D eigenvalue weighted by Crippen LogP contribution is -2.07. The van der Waals surface area contributed by atoms with Crippen molar-refractivity contribution in [2.45, 2.75) is 6.92 Å². The average Bonchev–Trinajstić information content (AvgIpc) is 2.51. The molecule has 0 aliphatic heterocycles. The summed E-state index contributed by atoms with van der Waals surface area (Å²) in [5.41, 5.74) is 8.77. The second-order valence-electron chi connectivity index (χ2n) is 4.40. The van der Waals surface area contributed by atoms with Crippen molar-refractivity contribution in [3.63, 3.8) is 0 Å². The van der Waals surface area contributed by atoms with E-state index in [0.717, 1.165) is 5.69 Å². The molecule has 0 amide bonds. The molecule has 0 bridgehead atoms. The van der Waals surface area contributed by atoms with Crippen molar-refractivity contribution >= 4 is 23.0 Å². The Hall–Kier alpha value is -3.25. The molecular weight excluding hydrogens is 264 g/mol. The van der Waals surface area contributed by atoms with Crippen molar-refractivity contribution in [2.24, 2.45) is 0 Å². The topological polar surface area (TPSA) is 111 Å². The molecule has 0 spiro atoms. The van der Waals surface area contributed by atoms with Gasteiger partial charge < -0.3 is 16.4 Å². The zero-order valence-corrected chi connectivity index (χ0v) is 11.7. The summed E-state index contributed by atoms with van der Waals surface area (Å²) >= 11 is 0. The summed E-state index contributed by atoms with van der Waals surface area (Å²) in [4.78, 5) is 4.33. The maximum atomic E-state index is 9.30. The van der Waals surface area contributed by atoms with Gasteiger partial charge in [-0.1, -0.05) is 0 Å². The molecule has 6 nitrogen and oxygen atoms in total. The number of hydrogen-bond acceptors (Lipinski definition) is 6. The Bertz CT molecular complexity index is 750. The zero-order chi connectivity index (χ0) is 15.4. The number of benzene rings is 1. The summed E-state index contributed by atoms with van der Waals surface area (Å²) in [6.45, 7) is 1.78. The highest BCUT2D eigenvalue weighted by atomic mass is 15.1. The number of nitrogens with zero attached hydrogens (tertiary/aromatic N) is 3. The molecule has 1 heterocycles. The summed E-state index contributed by atoms with van der Waals surface area (Å²) < 4.78 is 0. The molecule has 4 N–H and O–H groups in total. The Kier molecular flexibility index (Phi) is 3.92. The normalized spacial score (nSPS) is 9.52. The lowest BCUT2D eigenvalue weighted by Gasteiger charge is -2.14. The predicted octanol–water partition coefficient (Wildman–Crippen LogP) is 2.50. The highest BCUT2D eigenvalue weighted by molar-refractivity contribution is 5.76. The minimum Gasteiger partial charge on any atom is -0.395 e. The van der Waals surface area contributed by atoms with Crippen LogP contribution in [0.15, 0.2) is 24.3 Å². The Morgan fingerprint density at radius 2 is 1.76 bits per heavy atom. The molecule has 0 aliphatic carbocycles. The second-order valence-corrected chi connectivity index (χ2v) is 4.40. The summed E-state index contributed by atoms with van der Waals surface area (Å²) in [6.07, 6.45) is 0. The molecule has 0 radical (unpaired) electrons. The number of anilines is 4. The van der Waals surface area contributed by atoms with Gasteiger partial charge in [0.05, 0.1) is 22.9 Å². The van der Waals surface area contributed by atoms with Gasteiger partial charge in [-0.15, -0.1) is 0 Å². The van der Waals surface area contributed by atoms with E-state index >= 15 is 0 Å². The standard InChI is InChI=1S/C15H14N6/c1-9-12(8-17)14(21-15(19-2)13(9)18)20-11-5-3-10(7-16)4-6-11/h3-6H,18H2,1-2H3,(H2,19,20,21). The molecule has 0 aliphatic rings. The average molecular weight is 278 g/mol. The van der Waals surface area contributed by atoms with Gasteiger partial charge in [-0.05, 0) is 36.8 Å². The Balaban J connectivity index is 2.46. The highest BCUT2D eigenvalue weighted by Gasteiger charge is 2.14. The number of pyridine rings is 1. The number of hydrogen-bond donors (Lipinski definition) is 3. The number of nitrogens with two attached hydrogens (primary N) is 1. The van der Waals surface area contributed by atoms with Gasteiger partial charge in [-0.2, -0.15) is 10.5 Å². The summed E-state index contributed by atoms with van der Waals surface area (Å²) in [6, 6.07) is 11.1. The molecule has 0 atom stereocenters. The lowest BCUT2D eigenvalue weighted by atomic mass is 10.1. The quantitative estimate of drug-likeness (QED) is 0.795. The summed E-state index contributed by atoms with van der Waals surface area (Å²) in [7, 11) is 1.72. The summed E-state index contributed by atoms with van der Waals surface area (Å²) in [5, 5.41) is 24.1. The maximum absolute atomic E-state index is 9.30. The van der Waals surface area contributed by atoms with Crippen LogP contribution >= 0.6 is 0 Å². The van der Waals surface area contributed by atoms with E-state index in [1.807, 2.05) is 0 Å². The molecule has 1 aromatic heterocycles. The van der Waals surface area contributed by atoms with E-state index in [9.17, 15) is 5.26 Å². The molecule has 2 rings (SSSR count). The van der Waals surface area contributed by atoms with Crippen molar-refractivity contribution in [2.75, 3.05) is 23.4 Å². The van der Waals surface area contributed by atoms with Crippen LogP contribution in [0.2, 0.25) is 0 Å². The Labute approximate surface area is 122 Å². The van der Waals surface area contributed by atoms with E-state index in [1.54, 1.807) is 38.2 Å². The second kappa shape index (κ2) is 5.81. The van der Waals surface area contributed by atoms with Gasteiger partial charge in [0, 0.05) is 12.7 Å². The molecule has 6 heteroatoms. The van der Waals surface area contributed by atoms with Gasteiger partial charge >= 0.3 is 0 Å². The monoisotopic (exact) mass is 278 g/mol. The summed E-state index contributed by atoms with van der Waals surface area (Å²) in [5.74, 6) is 0.945. The number of rotatable bonds is 3. The zero-order valence-electron chi connectivity index (χ0n) is 11.7. The molecular formula is C15H14N6. The van der Waals surface area contributed by atoms with Crippen LogP contribution in [0, 0.1) is 29.6 Å². The number of aromatic nitrogens is 1. The van der Waals surface area contributed by atoms with Crippen LogP contribution in [-0.2, 0) is 0 Å². The molecule has 2 aromatic rings.